The summed E-state index contributed by atoms with van der Waals surface area (Å²) in [6.45, 7) is 0.760. The van der Waals surface area contributed by atoms with E-state index in [4.69, 9.17) is 4.84 Å². The van der Waals surface area contributed by atoms with Crippen LogP contribution in [0.15, 0.2) is 24.3 Å². The fourth-order valence-corrected chi connectivity index (χ4v) is 1.68. The molecule has 0 bridgehead atoms. The van der Waals surface area contributed by atoms with Crippen molar-refractivity contribution in [2.45, 2.75) is 45.4 Å². The van der Waals surface area contributed by atoms with E-state index >= 15 is 0 Å². The Morgan fingerprint density at radius 1 is 1.27 bits per heavy atom. The number of benzene rings is 1. The molecule has 0 heterocycles. The Morgan fingerprint density at radius 2 is 2.05 bits per heavy atom. The molecular formula is C15H20F3NO3. The van der Waals surface area contributed by atoms with Crippen molar-refractivity contribution in [1.82, 2.24) is 5.48 Å². The van der Waals surface area contributed by atoms with Crippen LogP contribution in [-0.4, -0.2) is 18.7 Å². The zero-order valence-corrected chi connectivity index (χ0v) is 12.4. The summed E-state index contributed by atoms with van der Waals surface area (Å²) >= 11 is 0. The third-order valence-electron chi connectivity index (χ3n) is 2.73. The maximum absolute atomic E-state index is 12.1. The molecule has 124 valence electrons. The van der Waals surface area contributed by atoms with Crippen molar-refractivity contribution in [2.24, 2.45) is 0 Å². The van der Waals surface area contributed by atoms with Gasteiger partial charge >= 0.3 is 6.18 Å². The van der Waals surface area contributed by atoms with Gasteiger partial charge in [0.2, 0.25) is 5.91 Å². The fraction of sp³-hybridized carbons (Fsp3) is 0.533. The van der Waals surface area contributed by atoms with Gasteiger partial charge in [-0.3, -0.25) is 9.63 Å². The number of ether oxygens (including phenoxy) is 1. The van der Waals surface area contributed by atoms with Crippen molar-refractivity contribution in [2.75, 3.05) is 6.61 Å². The highest BCUT2D eigenvalue weighted by Crippen LogP contribution is 2.19. The molecule has 4 nitrogen and oxygen atoms in total. The van der Waals surface area contributed by atoms with E-state index in [0.717, 1.165) is 19.3 Å². The number of nitrogens with one attached hydrogen (secondary N) is 1. The number of carbonyl (C=O) groups is 1. The number of unbranched alkanes of at least 4 members (excludes halogenated alkanes) is 2. The predicted molar refractivity (Wildman–Crippen MR) is 75.1 cm³/mol. The summed E-state index contributed by atoms with van der Waals surface area (Å²) in [5.41, 5.74) is 2.91. The first-order valence-corrected chi connectivity index (χ1v) is 7.10. The third-order valence-corrected chi connectivity index (χ3v) is 2.73. The highest BCUT2D eigenvalue weighted by Gasteiger charge is 2.28. The van der Waals surface area contributed by atoms with E-state index in [2.05, 4.69) is 10.2 Å². The Labute approximate surface area is 127 Å². The van der Waals surface area contributed by atoms with E-state index in [1.165, 1.54) is 12.1 Å². The molecule has 0 aliphatic heterocycles. The maximum atomic E-state index is 12.1. The van der Waals surface area contributed by atoms with Gasteiger partial charge in [-0.25, -0.2) is 5.48 Å². The van der Waals surface area contributed by atoms with Gasteiger partial charge in [-0.1, -0.05) is 31.9 Å². The lowest BCUT2D eigenvalue weighted by atomic mass is 10.2. The molecular weight excluding hydrogens is 299 g/mol. The molecule has 1 aromatic carbocycles. The van der Waals surface area contributed by atoms with Gasteiger partial charge in [0.25, 0.3) is 0 Å². The van der Waals surface area contributed by atoms with Crippen LogP contribution in [0.25, 0.3) is 0 Å². The summed E-state index contributed by atoms with van der Waals surface area (Å²) in [6, 6.07) is 6.10. The Kier molecular flexibility index (Phi) is 7.73. The number of rotatable bonds is 9. The minimum absolute atomic E-state index is 0.0583. The van der Waals surface area contributed by atoms with Crippen LogP contribution in [0.1, 0.15) is 38.2 Å². The summed E-state index contributed by atoms with van der Waals surface area (Å²) in [5, 5.41) is 0. The van der Waals surface area contributed by atoms with Crippen molar-refractivity contribution >= 4 is 5.91 Å². The van der Waals surface area contributed by atoms with Crippen molar-refractivity contribution in [3.8, 4) is 5.75 Å². The molecule has 1 N–H and O–H groups in total. The van der Waals surface area contributed by atoms with Crippen LogP contribution in [-0.2, 0) is 16.2 Å². The van der Waals surface area contributed by atoms with Crippen molar-refractivity contribution in [3.05, 3.63) is 29.8 Å². The molecule has 0 aromatic heterocycles. The average Bonchev–Trinajstić information content (AvgIpc) is 2.45. The molecule has 0 spiro atoms. The second kappa shape index (κ2) is 9.30. The van der Waals surface area contributed by atoms with E-state index in [-0.39, 0.29) is 18.3 Å². The van der Waals surface area contributed by atoms with Gasteiger partial charge in [-0.05, 0) is 24.1 Å². The molecule has 0 saturated heterocycles. The summed E-state index contributed by atoms with van der Waals surface area (Å²) in [6.07, 6.45) is -1.18. The van der Waals surface area contributed by atoms with Crippen LogP contribution in [0.5, 0.6) is 5.75 Å². The quantitative estimate of drug-likeness (QED) is 0.557. The van der Waals surface area contributed by atoms with E-state index < -0.39 is 12.8 Å². The number of halogens is 3. The average molecular weight is 319 g/mol. The van der Waals surface area contributed by atoms with E-state index in [9.17, 15) is 18.0 Å². The van der Waals surface area contributed by atoms with Gasteiger partial charge in [0.15, 0.2) is 6.61 Å². The van der Waals surface area contributed by atoms with Crippen molar-refractivity contribution in [3.63, 3.8) is 0 Å². The lowest BCUT2D eigenvalue weighted by molar-refractivity contribution is -0.153. The molecule has 0 unspecified atom stereocenters. The maximum Gasteiger partial charge on any atom is 0.422 e. The van der Waals surface area contributed by atoms with Crippen LogP contribution in [0.3, 0.4) is 0 Å². The normalized spacial score (nSPS) is 11.3. The first-order valence-electron chi connectivity index (χ1n) is 7.10. The molecule has 1 amide bonds. The third kappa shape index (κ3) is 8.51. The summed E-state index contributed by atoms with van der Waals surface area (Å²) in [7, 11) is 0. The second-order valence-electron chi connectivity index (χ2n) is 4.82. The molecule has 0 radical (unpaired) electrons. The molecule has 0 saturated carbocycles. The van der Waals surface area contributed by atoms with E-state index in [1.807, 2.05) is 6.92 Å². The molecule has 0 aliphatic rings. The Bertz CT molecular complexity index is 464. The topological polar surface area (TPSA) is 47.6 Å². The highest BCUT2D eigenvalue weighted by atomic mass is 19.4. The zero-order chi connectivity index (χ0) is 16.4. The molecule has 1 rings (SSSR count). The predicted octanol–water partition coefficient (Wildman–Crippen LogP) is 3.76. The molecule has 7 heteroatoms. The van der Waals surface area contributed by atoms with Crippen LogP contribution < -0.4 is 10.2 Å². The van der Waals surface area contributed by atoms with Crippen molar-refractivity contribution < 1.29 is 27.5 Å². The van der Waals surface area contributed by atoms with E-state index in [1.54, 1.807) is 12.1 Å². The standard InChI is InChI=1S/C15H20F3NO3/c1-2-3-4-8-14(20)19-22-10-12-6-5-7-13(9-12)21-11-15(16,17)18/h5-7,9H,2-4,8,10-11H2,1H3,(H,19,20). The molecule has 0 aliphatic carbocycles. The van der Waals surface area contributed by atoms with Gasteiger partial charge in [-0.2, -0.15) is 13.2 Å². The number of hydrogen-bond donors (Lipinski definition) is 1. The fourth-order valence-electron chi connectivity index (χ4n) is 1.68. The SMILES string of the molecule is CCCCCC(=O)NOCc1cccc(OCC(F)(F)F)c1. The van der Waals surface area contributed by atoms with Gasteiger partial charge in [-0.15, -0.1) is 0 Å². The lowest BCUT2D eigenvalue weighted by Crippen LogP contribution is -2.23. The van der Waals surface area contributed by atoms with Gasteiger partial charge in [0, 0.05) is 6.42 Å². The second-order valence-corrected chi connectivity index (χ2v) is 4.82. The Hall–Kier alpha value is -1.76. The smallest absolute Gasteiger partial charge is 0.422 e. The summed E-state index contributed by atoms with van der Waals surface area (Å²) < 4.78 is 40.8. The summed E-state index contributed by atoms with van der Waals surface area (Å²) in [5.74, 6) is -0.106. The molecule has 1 aromatic rings. The number of amides is 1. The lowest BCUT2D eigenvalue weighted by Gasteiger charge is -2.10. The Balaban J connectivity index is 2.32. The largest absolute Gasteiger partial charge is 0.484 e. The number of hydroxylamine groups is 1. The molecule has 0 atom stereocenters. The molecule has 22 heavy (non-hydrogen) atoms. The van der Waals surface area contributed by atoms with E-state index in [0.29, 0.717) is 12.0 Å². The molecule has 0 fully saturated rings. The Morgan fingerprint density at radius 3 is 2.73 bits per heavy atom. The van der Waals surface area contributed by atoms with Gasteiger partial charge in [0.1, 0.15) is 5.75 Å². The van der Waals surface area contributed by atoms with Crippen LogP contribution in [0.4, 0.5) is 13.2 Å². The number of alkyl halides is 3. The minimum Gasteiger partial charge on any atom is -0.484 e. The minimum atomic E-state index is -4.38. The zero-order valence-electron chi connectivity index (χ0n) is 12.4. The number of carbonyl (C=O) groups excluding carboxylic acids is 1. The van der Waals surface area contributed by atoms with Crippen LogP contribution in [0.2, 0.25) is 0 Å². The van der Waals surface area contributed by atoms with Gasteiger partial charge in [0.05, 0.1) is 6.61 Å². The highest BCUT2D eigenvalue weighted by molar-refractivity contribution is 5.74. The first kappa shape index (κ1) is 18.3. The first-order chi connectivity index (χ1) is 10.4. The van der Waals surface area contributed by atoms with Crippen LogP contribution in [0, 0.1) is 0 Å². The van der Waals surface area contributed by atoms with Gasteiger partial charge < -0.3 is 4.74 Å². The number of hydrogen-bond acceptors (Lipinski definition) is 3. The monoisotopic (exact) mass is 319 g/mol. The van der Waals surface area contributed by atoms with Crippen LogP contribution >= 0.6 is 0 Å². The van der Waals surface area contributed by atoms with Crippen molar-refractivity contribution in [1.29, 1.82) is 0 Å². The summed E-state index contributed by atoms with van der Waals surface area (Å²) in [4.78, 5) is 16.4.